The van der Waals surface area contributed by atoms with Crippen LogP contribution in [0.5, 0.6) is 0 Å². The van der Waals surface area contributed by atoms with Crippen molar-refractivity contribution in [2.75, 3.05) is 5.32 Å². The van der Waals surface area contributed by atoms with E-state index in [0.717, 1.165) is 17.7 Å². The number of anilines is 1. The largest absolute Gasteiger partial charge is 0.433 e. The Morgan fingerprint density at radius 2 is 2.03 bits per heavy atom. The van der Waals surface area contributed by atoms with Gasteiger partial charge in [0, 0.05) is 24.4 Å². The monoisotopic (exact) mass is 452 g/mol. The summed E-state index contributed by atoms with van der Waals surface area (Å²) in [5, 5.41) is 10.8. The highest BCUT2D eigenvalue weighted by atomic mass is 32.2. The standard InChI is InChI=1S/C16H17F5N6O2S/c1-7-12(8-4-3-5-9(8)23-13(7)16(19,20)21)24-15(28)26-30(22,29)11-6-10(14(17)18)25-27(11)2/h6,14H,3-5H2,1-2H3,(H3,22,23,24,26,28,29). The van der Waals surface area contributed by atoms with Crippen molar-refractivity contribution in [3.8, 4) is 0 Å². The zero-order chi connectivity index (χ0) is 22.4. The minimum atomic E-state index is -4.74. The molecular formula is C16H17F5N6O2S. The van der Waals surface area contributed by atoms with Crippen molar-refractivity contribution < 1.29 is 31.0 Å². The van der Waals surface area contributed by atoms with Gasteiger partial charge in [-0.2, -0.15) is 18.3 Å². The van der Waals surface area contributed by atoms with E-state index in [1.807, 2.05) is 0 Å². The van der Waals surface area contributed by atoms with E-state index >= 15 is 0 Å². The Morgan fingerprint density at radius 1 is 1.37 bits per heavy atom. The van der Waals surface area contributed by atoms with Gasteiger partial charge in [-0.05, 0) is 31.7 Å². The van der Waals surface area contributed by atoms with Crippen LogP contribution < -0.4 is 10.5 Å². The van der Waals surface area contributed by atoms with E-state index in [4.69, 9.17) is 5.14 Å². The molecule has 0 aromatic carbocycles. The van der Waals surface area contributed by atoms with Crippen LogP contribution in [0.2, 0.25) is 0 Å². The van der Waals surface area contributed by atoms with Crippen molar-refractivity contribution in [3.63, 3.8) is 0 Å². The number of nitrogens with two attached hydrogens (primary N) is 1. The Balaban J connectivity index is 2.01. The number of urea groups is 1. The normalized spacial score (nSPS) is 15.8. The summed E-state index contributed by atoms with van der Waals surface area (Å²) in [6.07, 6.45) is -6.43. The van der Waals surface area contributed by atoms with Crippen molar-refractivity contribution in [1.29, 1.82) is 0 Å². The van der Waals surface area contributed by atoms with Gasteiger partial charge >= 0.3 is 12.2 Å². The van der Waals surface area contributed by atoms with E-state index in [0.29, 0.717) is 24.8 Å². The summed E-state index contributed by atoms with van der Waals surface area (Å²) in [6.45, 7) is 1.15. The molecule has 3 rings (SSSR count). The van der Waals surface area contributed by atoms with Gasteiger partial charge in [-0.3, -0.25) is 4.68 Å². The Hall–Kier alpha value is -2.61. The summed E-state index contributed by atoms with van der Waals surface area (Å²) in [5.41, 5.74) is -1.63. The van der Waals surface area contributed by atoms with Gasteiger partial charge in [0.15, 0.2) is 9.92 Å². The number of aryl methyl sites for hydroxylation is 2. The molecule has 14 heteroatoms. The van der Waals surface area contributed by atoms with Crippen LogP contribution in [0.4, 0.5) is 32.4 Å². The first-order valence-corrected chi connectivity index (χ1v) is 10.2. The first-order chi connectivity index (χ1) is 13.8. The van der Waals surface area contributed by atoms with Crippen LogP contribution >= 0.6 is 0 Å². The summed E-state index contributed by atoms with van der Waals surface area (Å²) in [6, 6.07) is -0.528. The summed E-state index contributed by atoms with van der Waals surface area (Å²) < 4.78 is 82.2. The van der Waals surface area contributed by atoms with E-state index in [9.17, 15) is 31.0 Å². The van der Waals surface area contributed by atoms with Crippen LogP contribution in [0.1, 0.15) is 41.1 Å². The van der Waals surface area contributed by atoms with Crippen LogP contribution in [0.25, 0.3) is 0 Å². The van der Waals surface area contributed by atoms with E-state index in [1.165, 1.54) is 7.05 Å². The molecule has 1 unspecified atom stereocenters. The number of fused-ring (bicyclic) bond motifs is 1. The van der Waals surface area contributed by atoms with Crippen LogP contribution in [0.3, 0.4) is 0 Å². The first-order valence-electron chi connectivity index (χ1n) is 8.58. The molecule has 30 heavy (non-hydrogen) atoms. The zero-order valence-corrected chi connectivity index (χ0v) is 16.6. The van der Waals surface area contributed by atoms with E-state index < -0.39 is 45.0 Å². The van der Waals surface area contributed by atoms with Crippen molar-refractivity contribution in [1.82, 2.24) is 14.8 Å². The number of rotatable bonds is 3. The van der Waals surface area contributed by atoms with E-state index in [2.05, 4.69) is 19.8 Å². The molecule has 2 aromatic heterocycles. The molecule has 0 radical (unpaired) electrons. The minimum absolute atomic E-state index is 0.118. The number of amides is 2. The van der Waals surface area contributed by atoms with E-state index in [-0.39, 0.29) is 16.9 Å². The highest BCUT2D eigenvalue weighted by Gasteiger charge is 2.38. The van der Waals surface area contributed by atoms with Crippen molar-refractivity contribution >= 4 is 21.6 Å². The lowest BCUT2D eigenvalue weighted by Crippen LogP contribution is -2.22. The third-order valence-electron chi connectivity index (χ3n) is 4.57. The predicted octanol–water partition coefficient (Wildman–Crippen LogP) is 3.50. The lowest BCUT2D eigenvalue weighted by Gasteiger charge is -2.17. The van der Waals surface area contributed by atoms with Crippen LogP contribution in [-0.2, 0) is 36.0 Å². The quantitative estimate of drug-likeness (QED) is 0.694. The molecule has 0 bridgehead atoms. The molecule has 0 spiro atoms. The molecule has 0 fully saturated rings. The number of carbonyl (C=O) groups excluding carboxylic acids is 1. The first kappa shape index (κ1) is 22.1. The fourth-order valence-corrected chi connectivity index (χ4v) is 4.38. The Labute approximate surface area is 168 Å². The molecule has 1 aliphatic carbocycles. The van der Waals surface area contributed by atoms with Crippen molar-refractivity contribution in [3.05, 3.63) is 34.3 Å². The molecule has 0 aliphatic heterocycles. The number of halogens is 5. The molecule has 0 saturated carbocycles. The fraction of sp³-hybridized carbons (Fsp3) is 0.438. The number of carbonyl (C=O) groups is 1. The third-order valence-corrected chi connectivity index (χ3v) is 5.98. The lowest BCUT2D eigenvalue weighted by atomic mass is 10.1. The van der Waals surface area contributed by atoms with Gasteiger partial charge in [-0.1, -0.05) is 0 Å². The molecule has 164 valence electrons. The minimum Gasteiger partial charge on any atom is -0.305 e. The van der Waals surface area contributed by atoms with Gasteiger partial charge in [0.1, 0.15) is 16.4 Å². The molecule has 0 saturated heterocycles. The molecule has 8 nitrogen and oxygen atoms in total. The van der Waals surface area contributed by atoms with Crippen LogP contribution in [-0.4, -0.2) is 25.0 Å². The molecule has 2 heterocycles. The second-order valence-corrected chi connectivity index (χ2v) is 8.40. The second kappa shape index (κ2) is 7.58. The topological polar surface area (TPSA) is 115 Å². The number of aromatic nitrogens is 3. The summed E-state index contributed by atoms with van der Waals surface area (Å²) in [7, 11) is -2.81. The maximum atomic E-state index is 13.3. The van der Waals surface area contributed by atoms with Gasteiger partial charge in [-0.25, -0.2) is 27.9 Å². The second-order valence-electron chi connectivity index (χ2n) is 6.66. The van der Waals surface area contributed by atoms with E-state index in [1.54, 1.807) is 0 Å². The average molecular weight is 452 g/mol. The fourth-order valence-electron chi connectivity index (χ4n) is 3.28. The van der Waals surface area contributed by atoms with Crippen molar-refractivity contribution in [2.24, 2.45) is 16.5 Å². The number of alkyl halides is 5. The SMILES string of the molecule is Cc1c(C(F)(F)F)nc2c(c1NC(=O)N=S(N)(=O)c1cc(C(F)F)nn1C)CCC2. The van der Waals surface area contributed by atoms with Crippen LogP contribution in [0.15, 0.2) is 15.5 Å². The van der Waals surface area contributed by atoms with Gasteiger partial charge in [0.25, 0.3) is 6.43 Å². The Kier molecular flexibility index (Phi) is 5.58. The smallest absolute Gasteiger partial charge is 0.305 e. The zero-order valence-electron chi connectivity index (χ0n) is 15.8. The number of hydrogen-bond donors (Lipinski definition) is 2. The van der Waals surface area contributed by atoms with Gasteiger partial charge in [0.2, 0.25) is 0 Å². The third kappa shape index (κ3) is 4.14. The summed E-state index contributed by atoms with van der Waals surface area (Å²) >= 11 is 0. The molecule has 3 N–H and O–H groups in total. The van der Waals surface area contributed by atoms with Gasteiger partial charge in [-0.15, -0.1) is 4.36 Å². The van der Waals surface area contributed by atoms with Crippen LogP contribution in [0, 0.1) is 6.92 Å². The molecule has 2 amide bonds. The van der Waals surface area contributed by atoms with Gasteiger partial charge in [0.05, 0.1) is 5.69 Å². The Morgan fingerprint density at radius 3 is 2.60 bits per heavy atom. The molecule has 1 aliphatic rings. The summed E-state index contributed by atoms with van der Waals surface area (Å²) in [4.78, 5) is 16.0. The summed E-state index contributed by atoms with van der Waals surface area (Å²) in [5.74, 6) is 0. The molecular weight excluding hydrogens is 435 g/mol. The maximum absolute atomic E-state index is 13.3. The molecule has 2 aromatic rings. The highest BCUT2D eigenvalue weighted by Crippen LogP contribution is 2.38. The number of pyridine rings is 1. The number of hydrogen-bond acceptors (Lipinski definition) is 4. The number of nitrogens with one attached hydrogen (secondary N) is 1. The lowest BCUT2D eigenvalue weighted by molar-refractivity contribution is -0.141. The van der Waals surface area contributed by atoms with Gasteiger partial charge < -0.3 is 5.32 Å². The molecule has 1 atom stereocenters. The maximum Gasteiger partial charge on any atom is 0.433 e. The average Bonchev–Trinajstić information content (AvgIpc) is 3.22. The Bertz CT molecular complexity index is 1130. The predicted molar refractivity (Wildman–Crippen MR) is 96.2 cm³/mol. The van der Waals surface area contributed by atoms with Crippen molar-refractivity contribution in [2.45, 2.75) is 43.8 Å². The highest BCUT2D eigenvalue weighted by molar-refractivity contribution is 7.91. The number of nitrogens with zero attached hydrogens (tertiary/aromatic N) is 4.